The van der Waals surface area contributed by atoms with Crippen LogP contribution >= 0.6 is 15.9 Å². The summed E-state index contributed by atoms with van der Waals surface area (Å²) in [5.74, 6) is 0.500. The second-order valence-electron chi connectivity index (χ2n) is 3.18. The molecule has 0 bridgehead atoms. The summed E-state index contributed by atoms with van der Waals surface area (Å²) in [6.45, 7) is 2.73. The van der Waals surface area contributed by atoms with Gasteiger partial charge in [-0.25, -0.2) is 4.98 Å². The highest BCUT2D eigenvalue weighted by atomic mass is 79.9. The molecule has 0 saturated carbocycles. The molecule has 0 aliphatic heterocycles. The van der Waals surface area contributed by atoms with Crippen LogP contribution in [0.3, 0.4) is 0 Å². The fourth-order valence-electron chi connectivity index (χ4n) is 1.35. The Morgan fingerprint density at radius 1 is 1.44 bits per heavy atom. The van der Waals surface area contributed by atoms with Gasteiger partial charge in [-0.1, -0.05) is 12.1 Å². The van der Waals surface area contributed by atoms with E-state index in [-0.39, 0.29) is 5.75 Å². The molecule has 0 atom stereocenters. The van der Waals surface area contributed by atoms with Gasteiger partial charge in [0.05, 0.1) is 6.20 Å². The molecule has 1 N–H and O–H groups in total. The van der Waals surface area contributed by atoms with Crippen molar-refractivity contribution in [1.82, 2.24) is 9.55 Å². The Morgan fingerprint density at radius 2 is 2.19 bits per heavy atom. The minimum atomic E-state index is 0.101. The maximum absolute atomic E-state index is 9.57. The zero-order valence-electron chi connectivity index (χ0n) is 8.72. The van der Waals surface area contributed by atoms with E-state index in [4.69, 9.17) is 4.74 Å². The highest BCUT2D eigenvalue weighted by molar-refractivity contribution is 9.10. The lowest BCUT2D eigenvalue weighted by Gasteiger charge is -2.08. The molecular weight excluding hydrogens is 272 g/mol. The lowest BCUT2D eigenvalue weighted by molar-refractivity contribution is 0.377. The number of imidazole rings is 1. The summed E-state index contributed by atoms with van der Waals surface area (Å²) in [5.41, 5.74) is 0. The topological polar surface area (TPSA) is 47.3 Å². The van der Waals surface area contributed by atoms with Crippen molar-refractivity contribution in [3.05, 3.63) is 35.1 Å². The van der Waals surface area contributed by atoms with E-state index >= 15 is 0 Å². The first-order valence-electron chi connectivity index (χ1n) is 4.89. The fourth-order valence-corrected chi connectivity index (χ4v) is 1.85. The van der Waals surface area contributed by atoms with Crippen LogP contribution in [-0.4, -0.2) is 14.7 Å². The standard InChI is InChI=1S/C11H11BrN2O2/c1-2-14-10(12)7-13-11(14)16-9-6-4-3-5-8(9)15/h3-7,15H,2H2,1H3. The van der Waals surface area contributed by atoms with Crippen LogP contribution in [0.1, 0.15) is 6.92 Å². The third-order valence-corrected chi connectivity index (χ3v) is 2.79. The molecule has 0 fully saturated rings. The average Bonchev–Trinajstić information content (AvgIpc) is 2.63. The molecule has 0 aliphatic carbocycles. The number of para-hydroxylation sites is 2. The van der Waals surface area contributed by atoms with Gasteiger partial charge in [0, 0.05) is 6.54 Å². The number of hydrogen-bond donors (Lipinski definition) is 1. The normalized spacial score (nSPS) is 10.4. The Bertz CT molecular complexity index is 496. The molecule has 0 aliphatic rings. The number of rotatable bonds is 3. The summed E-state index contributed by atoms with van der Waals surface area (Å²) in [4.78, 5) is 4.11. The number of benzene rings is 1. The monoisotopic (exact) mass is 282 g/mol. The quantitative estimate of drug-likeness (QED) is 0.941. The molecule has 2 aromatic rings. The fraction of sp³-hybridized carbons (Fsp3) is 0.182. The molecule has 1 heterocycles. The molecule has 1 aromatic heterocycles. The van der Waals surface area contributed by atoms with Crippen LogP contribution in [0.2, 0.25) is 0 Å². The minimum absolute atomic E-state index is 0.101. The molecule has 2 rings (SSSR count). The van der Waals surface area contributed by atoms with Crippen LogP contribution in [-0.2, 0) is 6.54 Å². The van der Waals surface area contributed by atoms with Gasteiger partial charge in [-0.3, -0.25) is 4.57 Å². The van der Waals surface area contributed by atoms with Gasteiger partial charge in [0.25, 0.3) is 0 Å². The molecule has 84 valence electrons. The molecule has 16 heavy (non-hydrogen) atoms. The van der Waals surface area contributed by atoms with Crippen molar-refractivity contribution in [2.24, 2.45) is 0 Å². The van der Waals surface area contributed by atoms with Crippen LogP contribution in [0.15, 0.2) is 35.1 Å². The Balaban J connectivity index is 2.31. The van der Waals surface area contributed by atoms with Crippen LogP contribution in [0, 0.1) is 0 Å². The van der Waals surface area contributed by atoms with Crippen LogP contribution in [0.5, 0.6) is 17.5 Å². The first-order valence-corrected chi connectivity index (χ1v) is 5.68. The van der Waals surface area contributed by atoms with Crippen LogP contribution < -0.4 is 4.74 Å². The maximum atomic E-state index is 9.57. The highest BCUT2D eigenvalue weighted by Crippen LogP contribution is 2.30. The zero-order chi connectivity index (χ0) is 11.5. The van der Waals surface area contributed by atoms with Gasteiger partial charge in [0.1, 0.15) is 4.60 Å². The number of aromatic nitrogens is 2. The molecule has 0 amide bonds. The molecule has 0 unspecified atom stereocenters. The number of halogens is 1. The maximum Gasteiger partial charge on any atom is 0.302 e. The Morgan fingerprint density at radius 3 is 2.88 bits per heavy atom. The van der Waals surface area contributed by atoms with Gasteiger partial charge in [0.2, 0.25) is 0 Å². The van der Waals surface area contributed by atoms with E-state index < -0.39 is 0 Å². The molecular formula is C11H11BrN2O2. The first kappa shape index (κ1) is 11.0. The Kier molecular flexibility index (Phi) is 3.14. The predicted molar refractivity (Wildman–Crippen MR) is 63.8 cm³/mol. The SMILES string of the molecule is CCn1c(Br)cnc1Oc1ccccc1O. The summed E-state index contributed by atoms with van der Waals surface area (Å²) in [7, 11) is 0. The van der Waals surface area contributed by atoms with E-state index in [1.54, 1.807) is 30.5 Å². The number of hydrogen-bond acceptors (Lipinski definition) is 3. The van der Waals surface area contributed by atoms with Crippen molar-refractivity contribution in [2.75, 3.05) is 0 Å². The second-order valence-corrected chi connectivity index (χ2v) is 3.99. The third kappa shape index (κ3) is 2.04. The molecule has 0 spiro atoms. The van der Waals surface area contributed by atoms with Gasteiger partial charge in [-0.05, 0) is 35.0 Å². The van der Waals surface area contributed by atoms with Gasteiger partial charge in [-0.15, -0.1) is 0 Å². The van der Waals surface area contributed by atoms with Crippen molar-refractivity contribution in [1.29, 1.82) is 0 Å². The summed E-state index contributed by atoms with van der Waals surface area (Å²) < 4.78 is 8.23. The molecule has 0 saturated heterocycles. The number of phenols is 1. The van der Waals surface area contributed by atoms with Crippen molar-refractivity contribution < 1.29 is 9.84 Å². The summed E-state index contributed by atoms with van der Waals surface area (Å²) in [5, 5.41) is 9.57. The Hall–Kier alpha value is -1.49. The van der Waals surface area contributed by atoms with Crippen molar-refractivity contribution >= 4 is 15.9 Å². The third-order valence-electron chi connectivity index (χ3n) is 2.15. The number of aromatic hydroxyl groups is 1. The van der Waals surface area contributed by atoms with E-state index in [1.165, 1.54) is 0 Å². The smallest absolute Gasteiger partial charge is 0.302 e. The summed E-state index contributed by atoms with van der Waals surface area (Å²) in [6, 6.07) is 7.26. The van der Waals surface area contributed by atoms with Gasteiger partial charge >= 0.3 is 6.01 Å². The summed E-state index contributed by atoms with van der Waals surface area (Å²) in [6.07, 6.45) is 1.67. The van der Waals surface area contributed by atoms with E-state index in [2.05, 4.69) is 20.9 Å². The Labute approximate surface area is 102 Å². The van der Waals surface area contributed by atoms with Gasteiger partial charge in [-0.2, -0.15) is 0 Å². The zero-order valence-corrected chi connectivity index (χ0v) is 10.3. The minimum Gasteiger partial charge on any atom is -0.504 e. The van der Waals surface area contributed by atoms with Gasteiger partial charge < -0.3 is 9.84 Å². The largest absolute Gasteiger partial charge is 0.504 e. The van der Waals surface area contributed by atoms with Crippen LogP contribution in [0.25, 0.3) is 0 Å². The van der Waals surface area contributed by atoms with E-state index in [0.29, 0.717) is 11.8 Å². The van der Waals surface area contributed by atoms with Crippen molar-refractivity contribution in [2.45, 2.75) is 13.5 Å². The lowest BCUT2D eigenvalue weighted by atomic mass is 10.3. The average molecular weight is 283 g/mol. The summed E-state index contributed by atoms with van der Waals surface area (Å²) >= 11 is 3.37. The number of phenolic OH excluding ortho intramolecular Hbond substituents is 1. The van der Waals surface area contributed by atoms with E-state index in [0.717, 1.165) is 11.1 Å². The van der Waals surface area contributed by atoms with Crippen LogP contribution in [0.4, 0.5) is 0 Å². The van der Waals surface area contributed by atoms with Crippen molar-refractivity contribution in [3.8, 4) is 17.5 Å². The number of ether oxygens (including phenoxy) is 1. The molecule has 5 heteroatoms. The highest BCUT2D eigenvalue weighted by Gasteiger charge is 2.10. The lowest BCUT2D eigenvalue weighted by Crippen LogP contribution is -1.98. The molecule has 4 nitrogen and oxygen atoms in total. The first-order chi connectivity index (χ1) is 7.72. The second kappa shape index (κ2) is 4.57. The van der Waals surface area contributed by atoms with Crippen molar-refractivity contribution in [3.63, 3.8) is 0 Å². The molecule has 1 aromatic carbocycles. The van der Waals surface area contributed by atoms with E-state index in [1.807, 2.05) is 11.5 Å². The molecule has 0 radical (unpaired) electrons. The predicted octanol–water partition coefficient (Wildman–Crippen LogP) is 3.16. The number of nitrogens with zero attached hydrogens (tertiary/aromatic N) is 2. The van der Waals surface area contributed by atoms with Gasteiger partial charge in [0.15, 0.2) is 11.5 Å². The van der Waals surface area contributed by atoms with E-state index in [9.17, 15) is 5.11 Å².